The molecule has 4 nitrogen and oxygen atoms in total. The van der Waals surface area contributed by atoms with Crippen molar-refractivity contribution >= 4 is 62.3 Å². The van der Waals surface area contributed by atoms with Crippen LogP contribution in [0.2, 0.25) is 0 Å². The predicted molar refractivity (Wildman–Crippen MR) is 85.6 cm³/mol. The lowest BCUT2D eigenvalue weighted by Gasteiger charge is -1.99. The van der Waals surface area contributed by atoms with Crippen molar-refractivity contribution in [2.45, 2.75) is 29.5 Å². The van der Waals surface area contributed by atoms with Crippen LogP contribution in [0.3, 0.4) is 0 Å². The average molecular weight is 390 g/mol. The van der Waals surface area contributed by atoms with Crippen LogP contribution < -0.4 is 10.2 Å². The van der Waals surface area contributed by atoms with Crippen molar-refractivity contribution in [1.82, 2.24) is 10.2 Å². The Morgan fingerprint density at radius 2 is 1.16 bits per heavy atom. The minimum atomic E-state index is -2.19. The van der Waals surface area contributed by atoms with Crippen molar-refractivity contribution in [1.29, 1.82) is 0 Å². The Bertz CT molecular complexity index is 269. The summed E-state index contributed by atoms with van der Waals surface area (Å²) in [5.41, 5.74) is 0. The Kier molecular flexibility index (Phi) is 12.7. The third-order valence-corrected chi connectivity index (χ3v) is 7.59. The number of nitrogens with one attached hydrogen (secondary N) is 2. The van der Waals surface area contributed by atoms with Gasteiger partial charge in [0.2, 0.25) is 0 Å². The topological polar surface area (TPSA) is 58.2 Å². The summed E-state index contributed by atoms with van der Waals surface area (Å²) in [7, 11) is -4.38. The summed E-state index contributed by atoms with van der Waals surface area (Å²) < 4.78 is 21.9. The zero-order valence-electron chi connectivity index (χ0n) is 10.4. The number of rotatable bonds is 12. The number of alkyl halides is 4. The van der Waals surface area contributed by atoms with Gasteiger partial charge in [0.15, 0.2) is 0 Å². The van der Waals surface area contributed by atoms with Gasteiger partial charge in [-0.1, -0.05) is 0 Å². The largest absolute Gasteiger partial charge is 0.533 e. The normalized spacial score (nSPS) is 13.5. The van der Waals surface area contributed by atoms with Gasteiger partial charge in [-0.3, -0.25) is 0 Å². The highest BCUT2D eigenvalue weighted by molar-refractivity contribution is 7.70. The third kappa shape index (κ3) is 9.01. The first-order valence-corrected chi connectivity index (χ1v) is 10.2. The van der Waals surface area contributed by atoms with Crippen molar-refractivity contribution < 1.29 is 9.13 Å². The zero-order chi connectivity index (χ0) is 14.7. The van der Waals surface area contributed by atoms with E-state index in [0.29, 0.717) is 24.8 Å². The maximum atomic E-state index is 11.9. The van der Waals surface area contributed by atoms with Crippen molar-refractivity contribution in [2.24, 2.45) is 0 Å². The Morgan fingerprint density at radius 3 is 1.47 bits per heavy atom. The molecule has 2 atom stereocenters. The highest BCUT2D eigenvalue weighted by Gasteiger charge is 2.65. The molecule has 2 unspecified atom stereocenters. The molecule has 0 heterocycles. The van der Waals surface area contributed by atoms with Crippen molar-refractivity contribution in [3.8, 4) is 0 Å². The van der Waals surface area contributed by atoms with E-state index in [1.807, 2.05) is 0 Å². The molecule has 0 aliphatic rings. The molecular weight excluding hydrogens is 372 g/mol. The van der Waals surface area contributed by atoms with E-state index in [-0.39, 0.29) is 0 Å². The summed E-state index contributed by atoms with van der Waals surface area (Å²) in [6, 6.07) is 0. The molecule has 2 N–H and O–H groups in total. The second-order valence-corrected chi connectivity index (χ2v) is 10.3. The van der Waals surface area contributed by atoms with Gasteiger partial charge in [-0.05, 0) is 34.8 Å². The Labute approximate surface area is 135 Å². The van der Waals surface area contributed by atoms with Crippen LogP contribution in [0.15, 0.2) is 0 Å². The second-order valence-electron chi connectivity index (χ2n) is 3.71. The lowest BCUT2D eigenvalue weighted by molar-refractivity contribution is 0.566. The molecule has 10 heteroatoms. The van der Waals surface area contributed by atoms with Crippen LogP contribution in [0.1, 0.15) is 25.7 Å². The van der Waals surface area contributed by atoms with Gasteiger partial charge in [-0.25, -0.2) is 0 Å². The molecule has 0 aromatic heterocycles. The molecule has 0 amide bonds. The summed E-state index contributed by atoms with van der Waals surface area (Å²) in [4.78, 5) is 0. The first-order valence-electron chi connectivity index (χ1n) is 5.88. The van der Waals surface area contributed by atoms with E-state index in [1.54, 1.807) is 0 Å². The Balaban J connectivity index is 4.04. The van der Waals surface area contributed by atoms with Gasteiger partial charge in [-0.15, -0.1) is 33.4 Å². The van der Waals surface area contributed by atoms with Crippen LogP contribution in [0.5, 0.6) is 0 Å². The van der Waals surface area contributed by atoms with E-state index in [9.17, 15) is 9.13 Å². The van der Waals surface area contributed by atoms with Crippen LogP contribution in [-0.2, 0) is 9.13 Å². The number of hydrogen-bond acceptors (Lipinski definition) is 2. The third-order valence-electron chi connectivity index (χ3n) is 2.12. The van der Waals surface area contributed by atoms with Crippen molar-refractivity contribution in [2.75, 3.05) is 24.8 Å². The van der Waals surface area contributed by atoms with E-state index in [0.717, 1.165) is 25.7 Å². The molecule has 0 aromatic rings. The molecule has 0 aliphatic carbocycles. The monoisotopic (exact) mass is 388 g/mol. The van der Waals surface area contributed by atoms with E-state index in [2.05, 4.69) is 10.2 Å². The van der Waals surface area contributed by atoms with Crippen molar-refractivity contribution in [3.05, 3.63) is 0 Å². The Morgan fingerprint density at radius 1 is 0.789 bits per heavy atom. The van der Waals surface area contributed by atoms with Crippen LogP contribution >= 0.6 is 62.3 Å². The van der Waals surface area contributed by atoms with E-state index < -0.39 is 19.7 Å². The first kappa shape index (κ1) is 20.3. The summed E-state index contributed by atoms with van der Waals surface area (Å²) in [6.45, 7) is 0.942. The smallest absolute Gasteiger partial charge is 0.127 e. The molecule has 0 saturated carbocycles. The molecule has 112 valence electrons. The molecule has 0 aromatic carbocycles. The number of halogens is 4. The average Bonchev–Trinajstić information content (AvgIpc) is 2.39. The van der Waals surface area contributed by atoms with Crippen molar-refractivity contribution in [3.63, 3.8) is 0 Å². The summed E-state index contributed by atoms with van der Waals surface area (Å²) in [5.74, 6) is 1.09. The molecular formula is C9H18Cl4N2O2P2+2. The lowest BCUT2D eigenvalue weighted by atomic mass is 10.3. The molecule has 0 spiro atoms. The van der Waals surface area contributed by atoms with Gasteiger partial charge in [0.05, 0.1) is 0 Å². The van der Waals surface area contributed by atoms with Crippen LogP contribution in [0.25, 0.3) is 0 Å². The van der Waals surface area contributed by atoms with Gasteiger partial charge >= 0.3 is 19.7 Å². The summed E-state index contributed by atoms with van der Waals surface area (Å²) in [5, 5.41) is 5.36. The SMILES string of the molecule is O=[P+](NCCCCCl)C(Cl)(Cl)[P+](=O)NCCCCCl. The predicted octanol–water partition coefficient (Wildman–Crippen LogP) is 4.78. The fourth-order valence-corrected chi connectivity index (χ4v) is 4.36. The fourth-order valence-electron chi connectivity index (χ4n) is 1.07. The molecule has 19 heavy (non-hydrogen) atoms. The standard InChI is InChI=1S/C9H18Cl4N2O2P2/c10-5-1-3-7-14-18(16)9(12,13)19(17)15-8-4-2-6-11/h1-8H2,(H,14,16)(H,15,17)/q+2. The molecule has 0 saturated heterocycles. The lowest BCUT2D eigenvalue weighted by Crippen LogP contribution is -2.19. The summed E-state index contributed by atoms with van der Waals surface area (Å²) in [6.07, 6.45) is 3.12. The maximum Gasteiger partial charge on any atom is 0.533 e. The minimum Gasteiger partial charge on any atom is -0.127 e. The second kappa shape index (κ2) is 11.9. The van der Waals surface area contributed by atoms with E-state index in [1.165, 1.54) is 0 Å². The molecule has 0 aliphatic heterocycles. The van der Waals surface area contributed by atoms with Crippen LogP contribution in [0, 0.1) is 0 Å². The first-order chi connectivity index (χ1) is 8.96. The highest BCUT2D eigenvalue weighted by Crippen LogP contribution is 2.57. The molecule has 0 fully saturated rings. The van der Waals surface area contributed by atoms with Gasteiger partial charge in [0.25, 0.3) is 0 Å². The quantitative estimate of drug-likeness (QED) is 0.286. The Hall–Kier alpha value is 1.28. The molecule has 0 rings (SSSR count). The minimum absolute atomic E-state index is 0.471. The van der Waals surface area contributed by atoms with E-state index in [4.69, 9.17) is 46.4 Å². The maximum absolute atomic E-state index is 11.9. The zero-order valence-corrected chi connectivity index (χ0v) is 15.2. The number of unbranched alkanes of at least 4 members (excludes halogenated alkanes) is 2. The van der Waals surface area contributed by atoms with Gasteiger partial charge in [-0.2, -0.15) is 0 Å². The molecule has 0 bridgehead atoms. The summed E-state index contributed by atoms with van der Waals surface area (Å²) >= 11 is 22.8. The van der Waals surface area contributed by atoms with Gasteiger partial charge < -0.3 is 0 Å². The van der Waals surface area contributed by atoms with Crippen LogP contribution in [0.4, 0.5) is 0 Å². The van der Waals surface area contributed by atoms with Gasteiger partial charge in [0, 0.05) is 48.1 Å². The van der Waals surface area contributed by atoms with Crippen LogP contribution in [-0.4, -0.2) is 28.7 Å². The number of hydrogen-bond donors (Lipinski definition) is 2. The van der Waals surface area contributed by atoms with E-state index >= 15 is 0 Å². The highest BCUT2D eigenvalue weighted by atomic mass is 35.5. The van der Waals surface area contributed by atoms with Gasteiger partial charge in [0.1, 0.15) is 0 Å². The molecule has 0 radical (unpaired) electrons. The fraction of sp³-hybridized carbons (Fsp3) is 1.00.